The molecule has 0 bridgehead atoms. The van der Waals surface area contributed by atoms with Gasteiger partial charge in [-0.3, -0.25) is 0 Å². The SMILES string of the molecule is OC[C@H]1O[C@H](O)CC[C@@H]1O. The van der Waals surface area contributed by atoms with E-state index in [-0.39, 0.29) is 6.61 Å². The van der Waals surface area contributed by atoms with E-state index in [0.717, 1.165) is 0 Å². The Hall–Kier alpha value is -0.160. The predicted molar refractivity (Wildman–Crippen MR) is 33.2 cm³/mol. The molecule has 3 atom stereocenters. The Bertz CT molecular complexity index is 106. The first kappa shape index (κ1) is 7.94. The van der Waals surface area contributed by atoms with Gasteiger partial charge in [0.2, 0.25) is 0 Å². The number of hydrogen-bond acceptors (Lipinski definition) is 4. The number of hydrogen-bond donors (Lipinski definition) is 3. The zero-order valence-electron chi connectivity index (χ0n) is 5.60. The standard InChI is InChI=1S/C6H12O4/c7-3-5-4(8)1-2-6(9)10-5/h4-9H,1-3H2/t4-,5+,6-/m0/s1. The molecule has 0 aromatic rings. The number of aliphatic hydroxyl groups is 3. The fraction of sp³-hybridized carbons (Fsp3) is 1.00. The fourth-order valence-electron chi connectivity index (χ4n) is 1.02. The first-order valence-electron chi connectivity index (χ1n) is 3.36. The molecule has 1 aliphatic heterocycles. The van der Waals surface area contributed by atoms with Crippen LogP contribution in [-0.2, 0) is 4.74 Å². The number of rotatable bonds is 1. The molecule has 0 amide bonds. The van der Waals surface area contributed by atoms with E-state index < -0.39 is 18.5 Å². The van der Waals surface area contributed by atoms with Crippen LogP contribution in [0.15, 0.2) is 0 Å². The van der Waals surface area contributed by atoms with Gasteiger partial charge in [0.25, 0.3) is 0 Å². The van der Waals surface area contributed by atoms with Crippen LogP contribution < -0.4 is 0 Å². The minimum Gasteiger partial charge on any atom is -0.394 e. The van der Waals surface area contributed by atoms with E-state index in [0.29, 0.717) is 12.8 Å². The summed E-state index contributed by atoms with van der Waals surface area (Å²) in [6.07, 6.45) is -1.12. The zero-order chi connectivity index (χ0) is 7.56. The van der Waals surface area contributed by atoms with Crippen molar-refractivity contribution in [3.8, 4) is 0 Å². The highest BCUT2D eigenvalue weighted by Gasteiger charge is 2.27. The molecule has 0 aromatic heterocycles. The topological polar surface area (TPSA) is 69.9 Å². The van der Waals surface area contributed by atoms with Crippen LogP contribution in [0.2, 0.25) is 0 Å². The van der Waals surface area contributed by atoms with Crippen LogP contribution in [0.5, 0.6) is 0 Å². The molecule has 10 heavy (non-hydrogen) atoms. The lowest BCUT2D eigenvalue weighted by molar-refractivity contribution is -0.207. The molecule has 0 aromatic carbocycles. The summed E-state index contributed by atoms with van der Waals surface area (Å²) >= 11 is 0. The molecular weight excluding hydrogens is 136 g/mol. The highest BCUT2D eigenvalue weighted by molar-refractivity contribution is 4.73. The van der Waals surface area contributed by atoms with Crippen molar-refractivity contribution in [1.82, 2.24) is 0 Å². The molecule has 0 radical (unpaired) electrons. The van der Waals surface area contributed by atoms with E-state index in [9.17, 15) is 0 Å². The summed E-state index contributed by atoms with van der Waals surface area (Å²) in [5.74, 6) is 0. The van der Waals surface area contributed by atoms with Crippen LogP contribution in [-0.4, -0.2) is 40.4 Å². The van der Waals surface area contributed by atoms with Gasteiger partial charge in [-0.1, -0.05) is 0 Å². The van der Waals surface area contributed by atoms with Gasteiger partial charge in [-0.15, -0.1) is 0 Å². The summed E-state index contributed by atoms with van der Waals surface area (Å²) in [6, 6.07) is 0. The van der Waals surface area contributed by atoms with Gasteiger partial charge in [0.05, 0.1) is 12.7 Å². The predicted octanol–water partition coefficient (Wildman–Crippen LogP) is -1.16. The minimum absolute atomic E-state index is 0.238. The average Bonchev–Trinajstić information content (AvgIpc) is 1.94. The second-order valence-corrected chi connectivity index (χ2v) is 2.46. The Kier molecular flexibility index (Phi) is 2.62. The largest absolute Gasteiger partial charge is 0.394 e. The molecular formula is C6H12O4. The molecule has 0 saturated carbocycles. The van der Waals surface area contributed by atoms with Gasteiger partial charge in [-0.2, -0.15) is 0 Å². The van der Waals surface area contributed by atoms with Crippen molar-refractivity contribution in [2.75, 3.05) is 6.61 Å². The van der Waals surface area contributed by atoms with Crippen LogP contribution in [0.1, 0.15) is 12.8 Å². The third-order valence-electron chi connectivity index (χ3n) is 1.65. The van der Waals surface area contributed by atoms with E-state index in [2.05, 4.69) is 0 Å². The summed E-state index contributed by atoms with van der Waals surface area (Å²) in [7, 11) is 0. The van der Waals surface area contributed by atoms with E-state index in [1.54, 1.807) is 0 Å². The van der Waals surface area contributed by atoms with E-state index >= 15 is 0 Å². The molecule has 60 valence electrons. The van der Waals surface area contributed by atoms with Gasteiger partial charge in [-0.05, 0) is 6.42 Å². The van der Waals surface area contributed by atoms with Crippen LogP contribution in [0, 0.1) is 0 Å². The Balaban J connectivity index is 2.38. The van der Waals surface area contributed by atoms with E-state index in [1.807, 2.05) is 0 Å². The normalized spacial score (nSPS) is 41.7. The lowest BCUT2D eigenvalue weighted by Gasteiger charge is -2.29. The van der Waals surface area contributed by atoms with Crippen molar-refractivity contribution < 1.29 is 20.1 Å². The van der Waals surface area contributed by atoms with Crippen LogP contribution in [0.4, 0.5) is 0 Å². The molecule has 4 nitrogen and oxygen atoms in total. The van der Waals surface area contributed by atoms with Crippen molar-refractivity contribution in [3.63, 3.8) is 0 Å². The molecule has 0 unspecified atom stereocenters. The first-order valence-corrected chi connectivity index (χ1v) is 3.36. The Morgan fingerprint density at radius 1 is 1.30 bits per heavy atom. The van der Waals surface area contributed by atoms with Gasteiger partial charge in [0.15, 0.2) is 6.29 Å². The maximum absolute atomic E-state index is 9.09. The van der Waals surface area contributed by atoms with Gasteiger partial charge in [0, 0.05) is 6.42 Å². The van der Waals surface area contributed by atoms with Crippen molar-refractivity contribution in [2.45, 2.75) is 31.3 Å². The lowest BCUT2D eigenvalue weighted by atomic mass is 10.1. The van der Waals surface area contributed by atoms with Crippen molar-refractivity contribution in [2.24, 2.45) is 0 Å². The highest BCUT2D eigenvalue weighted by Crippen LogP contribution is 2.17. The van der Waals surface area contributed by atoms with Crippen LogP contribution >= 0.6 is 0 Å². The second kappa shape index (κ2) is 3.30. The summed E-state index contributed by atoms with van der Waals surface area (Å²) in [4.78, 5) is 0. The Labute approximate surface area is 59.1 Å². The monoisotopic (exact) mass is 148 g/mol. The summed E-state index contributed by atoms with van der Waals surface area (Å²) in [5, 5.41) is 26.6. The molecule has 1 aliphatic rings. The average molecular weight is 148 g/mol. The third-order valence-corrected chi connectivity index (χ3v) is 1.65. The molecule has 1 heterocycles. The summed E-state index contributed by atoms with van der Waals surface area (Å²) in [6.45, 7) is -0.238. The van der Waals surface area contributed by atoms with Crippen molar-refractivity contribution >= 4 is 0 Å². The smallest absolute Gasteiger partial charge is 0.155 e. The maximum atomic E-state index is 9.09. The summed E-state index contributed by atoms with van der Waals surface area (Å²) < 4.78 is 4.80. The lowest BCUT2D eigenvalue weighted by Crippen LogP contribution is -2.40. The van der Waals surface area contributed by atoms with E-state index in [1.165, 1.54) is 0 Å². The molecule has 0 spiro atoms. The molecule has 1 rings (SSSR count). The van der Waals surface area contributed by atoms with Crippen LogP contribution in [0.3, 0.4) is 0 Å². The highest BCUT2D eigenvalue weighted by atomic mass is 16.6. The minimum atomic E-state index is -0.819. The van der Waals surface area contributed by atoms with Gasteiger partial charge < -0.3 is 20.1 Å². The molecule has 3 N–H and O–H groups in total. The van der Waals surface area contributed by atoms with Gasteiger partial charge in [0.1, 0.15) is 6.10 Å². The Morgan fingerprint density at radius 2 is 2.00 bits per heavy atom. The summed E-state index contributed by atoms with van der Waals surface area (Å²) in [5.41, 5.74) is 0. The quantitative estimate of drug-likeness (QED) is 0.438. The molecule has 0 aliphatic carbocycles. The second-order valence-electron chi connectivity index (χ2n) is 2.46. The first-order chi connectivity index (χ1) is 4.74. The zero-order valence-corrected chi connectivity index (χ0v) is 5.60. The third kappa shape index (κ3) is 1.67. The van der Waals surface area contributed by atoms with Crippen LogP contribution in [0.25, 0.3) is 0 Å². The Morgan fingerprint density at radius 3 is 2.50 bits per heavy atom. The number of aliphatic hydroxyl groups excluding tert-OH is 3. The maximum Gasteiger partial charge on any atom is 0.155 e. The molecule has 1 fully saturated rings. The van der Waals surface area contributed by atoms with Crippen molar-refractivity contribution in [3.05, 3.63) is 0 Å². The fourth-order valence-corrected chi connectivity index (χ4v) is 1.02. The molecule has 1 saturated heterocycles. The van der Waals surface area contributed by atoms with Gasteiger partial charge in [-0.25, -0.2) is 0 Å². The van der Waals surface area contributed by atoms with E-state index in [4.69, 9.17) is 20.1 Å². The number of ether oxygens (including phenoxy) is 1. The van der Waals surface area contributed by atoms with Gasteiger partial charge >= 0.3 is 0 Å². The van der Waals surface area contributed by atoms with Crippen molar-refractivity contribution in [1.29, 1.82) is 0 Å². The molecule has 4 heteroatoms.